The van der Waals surface area contributed by atoms with Crippen LogP contribution in [0.2, 0.25) is 0 Å². The number of aliphatic hydroxyl groups is 1. The van der Waals surface area contributed by atoms with Crippen molar-refractivity contribution >= 4 is 10.1 Å². The average molecular weight is 225 g/mol. The van der Waals surface area contributed by atoms with Crippen molar-refractivity contribution in [2.24, 2.45) is 0 Å². The molecule has 0 aromatic rings. The quantitative estimate of drug-likeness (QED) is 0.438. The van der Waals surface area contributed by atoms with Gasteiger partial charge in [-0.25, -0.2) is 0 Å². The summed E-state index contributed by atoms with van der Waals surface area (Å²) in [5.41, 5.74) is -0.445. The minimum absolute atomic E-state index is 0.254. The van der Waals surface area contributed by atoms with E-state index < -0.39 is 21.8 Å². The van der Waals surface area contributed by atoms with E-state index >= 15 is 0 Å². The maximum absolute atomic E-state index is 10.4. The molecule has 1 atom stereocenters. The highest BCUT2D eigenvalue weighted by Crippen LogP contribution is 2.07. The van der Waals surface area contributed by atoms with Crippen LogP contribution >= 0.6 is 0 Å². The summed E-state index contributed by atoms with van der Waals surface area (Å²) >= 11 is 0. The van der Waals surface area contributed by atoms with E-state index in [0.717, 1.165) is 0 Å². The first-order valence-electron chi connectivity index (χ1n) is 4.53. The third-order valence-corrected chi connectivity index (χ3v) is 3.01. The van der Waals surface area contributed by atoms with Gasteiger partial charge in [0.1, 0.15) is 0 Å². The van der Waals surface area contributed by atoms with Crippen LogP contribution in [-0.2, 0) is 10.1 Å². The molecule has 0 rings (SSSR count). The molecule has 0 spiro atoms. The monoisotopic (exact) mass is 225 g/mol. The second kappa shape index (κ2) is 5.06. The van der Waals surface area contributed by atoms with Gasteiger partial charge in [0.2, 0.25) is 0 Å². The van der Waals surface area contributed by atoms with Crippen molar-refractivity contribution in [1.82, 2.24) is 5.32 Å². The lowest BCUT2D eigenvalue weighted by molar-refractivity contribution is 0.0971. The van der Waals surface area contributed by atoms with E-state index in [2.05, 4.69) is 5.32 Å². The minimum Gasteiger partial charge on any atom is -0.392 e. The Bertz CT molecular complexity index is 259. The van der Waals surface area contributed by atoms with Gasteiger partial charge in [-0.3, -0.25) is 4.55 Å². The molecule has 6 heteroatoms. The fraction of sp³-hybridized carbons (Fsp3) is 1.00. The molecular formula is C8H19NO4S. The van der Waals surface area contributed by atoms with Gasteiger partial charge in [-0.1, -0.05) is 0 Å². The second-order valence-corrected chi connectivity index (χ2v) is 5.54. The standard InChI is InChI=1S/C8H19NO4S/c1-7(10)8(2,3)9-5-4-6-14(11,12)13/h7,9-10H,4-6H2,1-3H3,(H,11,12,13). The van der Waals surface area contributed by atoms with E-state index in [9.17, 15) is 13.5 Å². The first kappa shape index (κ1) is 13.8. The van der Waals surface area contributed by atoms with Gasteiger partial charge in [0, 0.05) is 5.54 Å². The normalized spacial score (nSPS) is 15.5. The van der Waals surface area contributed by atoms with Crippen LogP contribution < -0.4 is 5.32 Å². The molecule has 0 aliphatic carbocycles. The van der Waals surface area contributed by atoms with Gasteiger partial charge < -0.3 is 10.4 Å². The Morgan fingerprint density at radius 3 is 2.29 bits per heavy atom. The molecule has 0 aromatic carbocycles. The molecule has 3 N–H and O–H groups in total. The van der Waals surface area contributed by atoms with Crippen LogP contribution in [0.25, 0.3) is 0 Å². The van der Waals surface area contributed by atoms with Crippen LogP contribution in [0, 0.1) is 0 Å². The summed E-state index contributed by atoms with van der Waals surface area (Å²) in [4.78, 5) is 0. The Morgan fingerprint density at radius 1 is 1.43 bits per heavy atom. The van der Waals surface area contributed by atoms with E-state index in [1.54, 1.807) is 6.92 Å². The van der Waals surface area contributed by atoms with Crippen LogP contribution in [-0.4, -0.2) is 42.0 Å². The molecule has 0 heterocycles. The fourth-order valence-electron chi connectivity index (χ4n) is 0.813. The highest BCUT2D eigenvalue weighted by molar-refractivity contribution is 7.85. The van der Waals surface area contributed by atoms with Gasteiger partial charge in [0.15, 0.2) is 0 Å². The van der Waals surface area contributed by atoms with E-state index in [-0.39, 0.29) is 5.75 Å². The number of rotatable bonds is 6. The van der Waals surface area contributed by atoms with Crippen LogP contribution in [0.15, 0.2) is 0 Å². The zero-order valence-corrected chi connectivity index (χ0v) is 9.63. The maximum atomic E-state index is 10.4. The summed E-state index contributed by atoms with van der Waals surface area (Å²) in [5.74, 6) is -0.254. The summed E-state index contributed by atoms with van der Waals surface area (Å²) in [7, 11) is -3.86. The van der Waals surface area contributed by atoms with E-state index in [1.165, 1.54) is 0 Å². The van der Waals surface area contributed by atoms with Crippen molar-refractivity contribution in [2.45, 2.75) is 38.8 Å². The number of hydrogen-bond donors (Lipinski definition) is 3. The summed E-state index contributed by atoms with van der Waals surface area (Å²) in [5, 5.41) is 12.3. The highest BCUT2D eigenvalue weighted by Gasteiger charge is 2.22. The van der Waals surface area contributed by atoms with Crippen molar-refractivity contribution in [1.29, 1.82) is 0 Å². The smallest absolute Gasteiger partial charge is 0.264 e. The Kier molecular flexibility index (Phi) is 5.00. The van der Waals surface area contributed by atoms with Crippen molar-refractivity contribution in [3.63, 3.8) is 0 Å². The molecule has 0 radical (unpaired) electrons. The SMILES string of the molecule is CC(O)C(C)(C)NCCCS(=O)(=O)O. The van der Waals surface area contributed by atoms with E-state index in [1.807, 2.05) is 13.8 Å². The maximum Gasteiger partial charge on any atom is 0.264 e. The average Bonchev–Trinajstić information content (AvgIpc) is 1.96. The Morgan fingerprint density at radius 2 is 1.93 bits per heavy atom. The van der Waals surface area contributed by atoms with Crippen molar-refractivity contribution in [3.8, 4) is 0 Å². The topological polar surface area (TPSA) is 86.6 Å². The number of nitrogens with one attached hydrogen (secondary N) is 1. The van der Waals surface area contributed by atoms with Crippen LogP contribution in [0.4, 0.5) is 0 Å². The first-order valence-corrected chi connectivity index (χ1v) is 6.14. The lowest BCUT2D eigenvalue weighted by Gasteiger charge is -2.29. The molecule has 0 saturated carbocycles. The molecule has 0 aliphatic heterocycles. The Balaban J connectivity index is 3.76. The highest BCUT2D eigenvalue weighted by atomic mass is 32.2. The van der Waals surface area contributed by atoms with E-state index in [4.69, 9.17) is 4.55 Å². The van der Waals surface area contributed by atoms with Gasteiger partial charge in [0.05, 0.1) is 11.9 Å². The zero-order chi connectivity index (χ0) is 11.4. The van der Waals surface area contributed by atoms with Crippen LogP contribution in [0.1, 0.15) is 27.2 Å². The fourth-order valence-corrected chi connectivity index (χ4v) is 1.32. The van der Waals surface area contributed by atoms with Gasteiger partial charge >= 0.3 is 0 Å². The predicted octanol–water partition coefficient (Wildman–Crippen LogP) is 0.0133. The number of aliphatic hydroxyl groups excluding tert-OH is 1. The molecule has 0 saturated heterocycles. The summed E-state index contributed by atoms with van der Waals surface area (Å²) < 4.78 is 29.2. The molecule has 5 nitrogen and oxygen atoms in total. The van der Waals surface area contributed by atoms with E-state index in [0.29, 0.717) is 13.0 Å². The molecule has 14 heavy (non-hydrogen) atoms. The van der Waals surface area contributed by atoms with Crippen molar-refractivity contribution < 1.29 is 18.1 Å². The lowest BCUT2D eigenvalue weighted by atomic mass is 9.99. The summed E-state index contributed by atoms with van der Waals surface area (Å²) in [6, 6.07) is 0. The largest absolute Gasteiger partial charge is 0.392 e. The first-order chi connectivity index (χ1) is 6.15. The molecule has 1 unspecified atom stereocenters. The van der Waals surface area contributed by atoms with Crippen molar-refractivity contribution in [3.05, 3.63) is 0 Å². The second-order valence-electron chi connectivity index (χ2n) is 3.96. The minimum atomic E-state index is -3.86. The molecule has 0 amide bonds. The lowest BCUT2D eigenvalue weighted by Crippen LogP contribution is -2.48. The molecule has 0 aliphatic rings. The van der Waals surface area contributed by atoms with Gasteiger partial charge in [-0.15, -0.1) is 0 Å². The van der Waals surface area contributed by atoms with Crippen LogP contribution in [0.3, 0.4) is 0 Å². The molecule has 0 bridgehead atoms. The third-order valence-electron chi connectivity index (χ3n) is 2.20. The number of hydrogen-bond acceptors (Lipinski definition) is 4. The molecular weight excluding hydrogens is 206 g/mol. The van der Waals surface area contributed by atoms with Crippen molar-refractivity contribution in [2.75, 3.05) is 12.3 Å². The molecule has 86 valence electrons. The summed E-state index contributed by atoms with van der Waals surface area (Å²) in [6.45, 7) is 5.75. The van der Waals surface area contributed by atoms with Gasteiger partial charge in [0.25, 0.3) is 10.1 Å². The van der Waals surface area contributed by atoms with Gasteiger partial charge in [-0.2, -0.15) is 8.42 Å². The van der Waals surface area contributed by atoms with Crippen LogP contribution in [0.5, 0.6) is 0 Å². The molecule has 0 aromatic heterocycles. The third kappa shape index (κ3) is 6.31. The molecule has 0 fully saturated rings. The zero-order valence-electron chi connectivity index (χ0n) is 8.82. The Hall–Kier alpha value is -0.170. The predicted molar refractivity (Wildman–Crippen MR) is 54.8 cm³/mol. The van der Waals surface area contributed by atoms with Gasteiger partial charge in [-0.05, 0) is 33.7 Å². The Labute approximate surface area is 85.3 Å². The summed E-state index contributed by atoms with van der Waals surface area (Å²) in [6.07, 6.45) is -0.192.